The molecule has 3 aromatic carbocycles. The van der Waals surface area contributed by atoms with Gasteiger partial charge in [0.25, 0.3) is 5.91 Å². The number of esters is 1. The molecule has 6 aromatic rings. The van der Waals surface area contributed by atoms with Gasteiger partial charge in [0.05, 0.1) is 34.8 Å². The lowest BCUT2D eigenvalue weighted by atomic mass is 9.81. The number of urea groups is 1. The van der Waals surface area contributed by atoms with Crippen LogP contribution in [-0.4, -0.2) is 187 Å². The molecule has 1 aliphatic carbocycles. The molecule has 27 nitrogen and oxygen atoms in total. The van der Waals surface area contributed by atoms with Crippen molar-refractivity contribution in [1.29, 1.82) is 0 Å². The molecule has 0 bridgehead atoms. The second-order valence-electron chi connectivity index (χ2n) is 27.1. The van der Waals surface area contributed by atoms with Crippen LogP contribution in [0.1, 0.15) is 162 Å². The first-order valence-corrected chi connectivity index (χ1v) is 36.4. The van der Waals surface area contributed by atoms with Crippen LogP contribution in [0.25, 0.3) is 21.9 Å². The number of hydrogen-bond donors (Lipinski definition) is 9. The number of nitrogens with zero attached hydrogens (tertiary/aromatic N) is 5. The molecule has 4 heterocycles. The summed E-state index contributed by atoms with van der Waals surface area (Å²) in [6.45, 7) is 14.0. The quantitative estimate of drug-likeness (QED) is 0.00772. The number of H-pyrrole nitrogens is 1. The van der Waals surface area contributed by atoms with E-state index in [4.69, 9.17) is 29.1 Å². The normalized spacial score (nSPS) is 14.6. The highest BCUT2D eigenvalue weighted by atomic mass is 32.2. The number of likely N-dealkylation sites (N-methyl/N-ethyl adjacent to an activating group) is 3. The third kappa shape index (κ3) is 19.9. The summed E-state index contributed by atoms with van der Waals surface area (Å²) in [6, 6.07) is 14.3. The molecule has 102 heavy (non-hydrogen) atoms. The van der Waals surface area contributed by atoms with Gasteiger partial charge in [0.1, 0.15) is 30.6 Å². The SMILES string of the molecule is CCC1CN(C(=O)c2cc3cc(OCCN(C)C)ccc3o2)c2cc(OC(=O)N(C)CCN(C)C(=O)OCc3ccc(NC(=O)C(CCCNC(N)=O)NC(=O)C(NCCNC(=O)CCCn4c(O)cc(SC(CC)(CC)C5CCCCCC5)c4O)C(C)C)cc3)c3[nH]c(C)c(C(=O)OC)c3c21. The van der Waals surface area contributed by atoms with E-state index in [0.717, 1.165) is 24.9 Å². The van der Waals surface area contributed by atoms with Crippen LogP contribution in [0.2, 0.25) is 0 Å². The number of amides is 8. The van der Waals surface area contributed by atoms with Crippen LogP contribution in [0.4, 0.5) is 25.8 Å². The molecule has 1 saturated carbocycles. The van der Waals surface area contributed by atoms with Gasteiger partial charge in [-0.2, -0.15) is 0 Å². The van der Waals surface area contributed by atoms with Gasteiger partial charge < -0.3 is 90.5 Å². The van der Waals surface area contributed by atoms with Crippen LogP contribution in [0.3, 0.4) is 0 Å². The van der Waals surface area contributed by atoms with Crippen molar-refractivity contribution in [2.45, 2.75) is 166 Å². The monoisotopic (exact) mass is 1430 g/mol. The summed E-state index contributed by atoms with van der Waals surface area (Å²) in [5.41, 5.74) is 9.00. The lowest BCUT2D eigenvalue weighted by Crippen LogP contribution is -2.54. The summed E-state index contributed by atoms with van der Waals surface area (Å²) in [6.07, 6.45) is 9.25. The number of nitrogens with one attached hydrogen (secondary N) is 6. The van der Waals surface area contributed by atoms with Crippen LogP contribution in [0.15, 0.2) is 70.0 Å². The van der Waals surface area contributed by atoms with E-state index >= 15 is 0 Å². The topological polar surface area (TPSA) is 347 Å². The Hall–Kier alpha value is -9.15. The molecule has 556 valence electrons. The fourth-order valence-electron chi connectivity index (χ4n) is 13.5. The molecule has 8 amide bonds. The summed E-state index contributed by atoms with van der Waals surface area (Å²) in [5.74, 6) is -1.42. The molecule has 0 spiro atoms. The molecule has 8 rings (SSSR count). The van der Waals surface area contributed by atoms with Crippen LogP contribution < -0.4 is 46.7 Å². The second-order valence-corrected chi connectivity index (χ2v) is 28.6. The van der Waals surface area contributed by atoms with Crippen LogP contribution in [0, 0.1) is 18.8 Å². The zero-order chi connectivity index (χ0) is 73.9. The van der Waals surface area contributed by atoms with Gasteiger partial charge in [-0.25, -0.2) is 19.2 Å². The van der Waals surface area contributed by atoms with E-state index in [1.807, 2.05) is 45.8 Å². The number of primary amides is 1. The zero-order valence-corrected chi connectivity index (χ0v) is 61.7. The summed E-state index contributed by atoms with van der Waals surface area (Å²) in [7, 11) is 8.22. The molecule has 28 heteroatoms. The third-order valence-corrected chi connectivity index (χ3v) is 21.3. The number of fused-ring (bicyclic) bond motifs is 4. The van der Waals surface area contributed by atoms with Crippen molar-refractivity contribution in [3.63, 3.8) is 0 Å². The largest absolute Gasteiger partial charge is 0.494 e. The highest BCUT2D eigenvalue weighted by Crippen LogP contribution is 2.52. The van der Waals surface area contributed by atoms with Gasteiger partial charge in [0.15, 0.2) is 17.4 Å². The standard InChI is InChI=1S/C74H104N12O15S/c1-12-48-43-86(68(91)57-40-49-39-52(29-30-55(49)100-57)98-38-37-82(7)8)54-41-56(65-63(62(48)54)61(46(6)79-65)70(93)97-11)101-73(96)84(10)36-35-83(9)72(95)99-44-47-25-27-51(28-26-47)80-66(89)53(23-19-31-78-71(75)94)81-67(90)64(45(4)5)77-33-32-76-59(87)24-20-34-85-60(88)42-58(69(85)92)102-74(13-2,14-3)50-21-17-15-16-18-22-50/h25-30,39-42,45,48,50,53,64,77,79,88,92H,12-24,31-38,43-44H2,1-11H3,(H,76,87)(H,80,89)(H,81,90)(H3,75,78,94). The van der Waals surface area contributed by atoms with E-state index in [2.05, 4.69) is 45.4 Å². The Morgan fingerprint density at radius 3 is 2.20 bits per heavy atom. The Morgan fingerprint density at radius 2 is 1.54 bits per heavy atom. The van der Waals surface area contributed by atoms with Gasteiger partial charge in [-0.1, -0.05) is 72.4 Å². The minimum absolute atomic E-state index is 0.0107. The first-order valence-electron chi connectivity index (χ1n) is 35.6. The smallest absolute Gasteiger partial charge is 0.415 e. The van der Waals surface area contributed by atoms with Gasteiger partial charge in [-0.15, -0.1) is 11.8 Å². The maximum absolute atomic E-state index is 14.5. The summed E-state index contributed by atoms with van der Waals surface area (Å²) >= 11 is 1.67. The Bertz CT molecular complexity index is 3890. The van der Waals surface area contributed by atoms with Gasteiger partial charge >= 0.3 is 24.2 Å². The summed E-state index contributed by atoms with van der Waals surface area (Å²) in [5, 5.41) is 37.6. The molecule has 0 radical (unpaired) electrons. The molecule has 2 aliphatic rings. The van der Waals surface area contributed by atoms with E-state index in [1.54, 1.807) is 78.2 Å². The van der Waals surface area contributed by atoms with E-state index in [9.17, 15) is 48.6 Å². The number of hydrogen-bond acceptors (Lipinski definition) is 18. The fraction of sp³-hybridized carbons (Fsp3) is 0.541. The Kier molecular flexibility index (Phi) is 28.2. The van der Waals surface area contributed by atoms with Crippen LogP contribution in [0.5, 0.6) is 23.3 Å². The van der Waals surface area contributed by atoms with Crippen LogP contribution >= 0.6 is 11.8 Å². The van der Waals surface area contributed by atoms with Crippen molar-refractivity contribution in [3.8, 4) is 23.3 Å². The van der Waals surface area contributed by atoms with E-state index in [0.29, 0.717) is 86.9 Å². The molecule has 0 saturated heterocycles. The number of anilines is 2. The molecular weight excluding hydrogens is 1330 g/mol. The number of carbonyl (C=O) groups is 8. The minimum atomic E-state index is -1.04. The van der Waals surface area contributed by atoms with Gasteiger partial charge in [-0.05, 0) is 132 Å². The number of rotatable bonds is 35. The number of nitrogens with two attached hydrogens (primary N) is 1. The molecule has 3 aromatic heterocycles. The number of thioether (sulfide) groups is 1. The number of aromatic hydroxyl groups is 2. The Balaban J connectivity index is 0.811. The summed E-state index contributed by atoms with van der Waals surface area (Å²) < 4.78 is 30.4. The molecule has 3 unspecified atom stereocenters. The number of aromatic nitrogens is 2. The van der Waals surface area contributed by atoms with Crippen molar-refractivity contribution < 1.29 is 71.9 Å². The first kappa shape index (κ1) is 78.6. The molecule has 10 N–H and O–H groups in total. The molecule has 1 aliphatic heterocycles. The lowest BCUT2D eigenvalue weighted by molar-refractivity contribution is -0.128. The minimum Gasteiger partial charge on any atom is -0.494 e. The van der Waals surface area contributed by atoms with Crippen molar-refractivity contribution in [1.82, 2.24) is 45.5 Å². The average Bonchev–Trinajstić information content (AvgIpc) is 1.56. The van der Waals surface area contributed by atoms with Crippen molar-refractivity contribution in [3.05, 3.63) is 88.8 Å². The number of ether oxygens (including phenoxy) is 4. The number of aromatic amines is 1. The second kappa shape index (κ2) is 36.6. The van der Waals surface area contributed by atoms with Crippen LogP contribution in [-0.2, 0) is 37.0 Å². The van der Waals surface area contributed by atoms with Gasteiger partial charge in [0, 0.05) is 118 Å². The maximum atomic E-state index is 14.5. The number of furan rings is 1. The van der Waals surface area contributed by atoms with E-state index in [-0.39, 0.29) is 117 Å². The van der Waals surface area contributed by atoms with Crippen molar-refractivity contribution in [2.24, 2.45) is 17.6 Å². The number of benzene rings is 3. The Morgan fingerprint density at radius 1 is 0.833 bits per heavy atom. The Labute approximate surface area is 600 Å². The number of carbonyl (C=O) groups excluding carboxylic acids is 8. The number of aryl methyl sites for hydroxylation is 1. The van der Waals surface area contributed by atoms with Crippen molar-refractivity contribution >= 4 is 92.8 Å². The lowest BCUT2D eigenvalue weighted by Gasteiger charge is -2.39. The summed E-state index contributed by atoms with van der Waals surface area (Å²) in [4.78, 5) is 118. The predicted octanol–water partition coefficient (Wildman–Crippen LogP) is 10.7. The highest BCUT2D eigenvalue weighted by Gasteiger charge is 2.41. The van der Waals surface area contributed by atoms with E-state index in [1.165, 1.54) is 74.1 Å². The van der Waals surface area contributed by atoms with Gasteiger partial charge in [-0.3, -0.25) is 23.7 Å². The highest BCUT2D eigenvalue weighted by molar-refractivity contribution is 8.00. The van der Waals surface area contributed by atoms with Gasteiger partial charge in [0.2, 0.25) is 23.6 Å². The van der Waals surface area contributed by atoms with Crippen molar-refractivity contribution in [2.75, 3.05) is 97.9 Å². The average molecular weight is 1430 g/mol. The maximum Gasteiger partial charge on any atom is 0.415 e. The van der Waals surface area contributed by atoms with E-state index < -0.39 is 54.0 Å². The predicted molar refractivity (Wildman–Crippen MR) is 392 cm³/mol. The first-order chi connectivity index (χ1) is 48.8. The molecule has 1 fully saturated rings. The fourth-order valence-corrected chi connectivity index (χ4v) is 15.0. The third-order valence-electron chi connectivity index (χ3n) is 19.4. The zero-order valence-electron chi connectivity index (χ0n) is 60.8. The molecular formula is C74H104N12O15S. The number of methoxy groups -OCH3 is 1. The molecule has 3 atom stereocenters.